The Labute approximate surface area is 128 Å². The first-order valence-corrected chi connectivity index (χ1v) is 7.58. The molecule has 1 aliphatic rings. The number of rotatable bonds is 2. The van der Waals surface area contributed by atoms with Crippen LogP contribution in [0.15, 0.2) is 27.1 Å². The lowest BCUT2D eigenvalue weighted by molar-refractivity contribution is -0.143. The summed E-state index contributed by atoms with van der Waals surface area (Å²) < 4.78 is 1.53. The van der Waals surface area contributed by atoms with Crippen molar-refractivity contribution >= 4 is 43.7 Å². The minimum absolute atomic E-state index is 0.230. The molecule has 0 bridgehead atoms. The second-order valence-corrected chi connectivity index (χ2v) is 6.24. The van der Waals surface area contributed by atoms with E-state index in [1.165, 1.54) is 4.90 Å². The number of nitrogens with zero attached hydrogens (tertiary/aromatic N) is 1. The van der Waals surface area contributed by atoms with Crippen LogP contribution in [-0.2, 0) is 4.79 Å². The lowest BCUT2D eigenvalue weighted by atomic mass is 10.0. The van der Waals surface area contributed by atoms with Gasteiger partial charge in [-0.1, -0.05) is 15.9 Å². The van der Waals surface area contributed by atoms with Crippen LogP contribution in [0.3, 0.4) is 0 Å². The molecule has 0 radical (unpaired) electrons. The number of carboxylic acids is 1. The van der Waals surface area contributed by atoms with E-state index in [2.05, 4.69) is 31.9 Å². The van der Waals surface area contributed by atoms with E-state index in [9.17, 15) is 14.7 Å². The summed E-state index contributed by atoms with van der Waals surface area (Å²) >= 11 is 6.67. The number of carboxylic acid groups (broad SMARTS) is 1. The zero-order chi connectivity index (χ0) is 14.0. The van der Waals surface area contributed by atoms with Crippen molar-refractivity contribution in [3.63, 3.8) is 0 Å². The van der Waals surface area contributed by atoms with Crippen LogP contribution in [0.5, 0.6) is 0 Å². The number of piperidine rings is 1. The van der Waals surface area contributed by atoms with E-state index >= 15 is 0 Å². The highest BCUT2D eigenvalue weighted by Crippen LogP contribution is 2.26. The summed E-state index contributed by atoms with van der Waals surface area (Å²) in [5, 5.41) is 9.20. The van der Waals surface area contributed by atoms with Gasteiger partial charge in [0.1, 0.15) is 6.04 Å². The molecule has 1 aromatic carbocycles. The number of benzene rings is 1. The van der Waals surface area contributed by atoms with Crippen molar-refractivity contribution in [2.75, 3.05) is 6.54 Å². The summed E-state index contributed by atoms with van der Waals surface area (Å²) in [6, 6.07) is 4.55. The van der Waals surface area contributed by atoms with Crippen molar-refractivity contribution in [3.8, 4) is 0 Å². The van der Waals surface area contributed by atoms with E-state index in [4.69, 9.17) is 0 Å². The number of aliphatic carboxylic acids is 1. The summed E-state index contributed by atoms with van der Waals surface area (Å²) in [5.74, 6) is -1.16. The lowest BCUT2D eigenvalue weighted by Gasteiger charge is -2.33. The fourth-order valence-electron chi connectivity index (χ4n) is 2.25. The normalized spacial score (nSPS) is 19.3. The van der Waals surface area contributed by atoms with Crippen LogP contribution in [0.2, 0.25) is 0 Å². The zero-order valence-electron chi connectivity index (χ0n) is 10.1. The Morgan fingerprint density at radius 2 is 2.00 bits per heavy atom. The Balaban J connectivity index is 2.28. The number of carbonyl (C=O) groups is 2. The van der Waals surface area contributed by atoms with E-state index in [1.54, 1.807) is 18.2 Å². The van der Waals surface area contributed by atoms with Crippen molar-refractivity contribution in [3.05, 3.63) is 32.7 Å². The van der Waals surface area contributed by atoms with Crippen LogP contribution >= 0.6 is 31.9 Å². The lowest BCUT2D eigenvalue weighted by Crippen LogP contribution is -2.48. The highest BCUT2D eigenvalue weighted by molar-refractivity contribution is 9.11. The van der Waals surface area contributed by atoms with E-state index in [-0.39, 0.29) is 5.91 Å². The van der Waals surface area contributed by atoms with E-state index < -0.39 is 12.0 Å². The second-order valence-electron chi connectivity index (χ2n) is 4.47. The van der Waals surface area contributed by atoms with Crippen molar-refractivity contribution in [1.29, 1.82) is 0 Å². The number of halogens is 2. The van der Waals surface area contributed by atoms with Crippen molar-refractivity contribution in [1.82, 2.24) is 4.90 Å². The van der Waals surface area contributed by atoms with E-state index in [0.717, 1.165) is 17.3 Å². The first-order valence-electron chi connectivity index (χ1n) is 5.99. The van der Waals surface area contributed by atoms with Crippen LogP contribution in [-0.4, -0.2) is 34.5 Å². The highest BCUT2D eigenvalue weighted by Gasteiger charge is 2.33. The SMILES string of the molecule is O=C(O)C1CCCCN1C(=O)c1ccc(Br)cc1Br. The standard InChI is InChI=1S/C13H13Br2NO3/c14-8-4-5-9(10(15)7-8)12(17)16-6-2-1-3-11(16)13(18)19/h4-5,7,11H,1-3,6H2,(H,18,19). The number of carbonyl (C=O) groups excluding carboxylic acids is 1. The molecule has 1 saturated heterocycles. The third kappa shape index (κ3) is 3.17. The Morgan fingerprint density at radius 1 is 1.26 bits per heavy atom. The van der Waals surface area contributed by atoms with Crippen LogP contribution in [0, 0.1) is 0 Å². The molecule has 0 aliphatic carbocycles. The van der Waals surface area contributed by atoms with Crippen molar-refractivity contribution < 1.29 is 14.7 Å². The summed E-state index contributed by atoms with van der Waals surface area (Å²) in [6.45, 7) is 0.498. The van der Waals surface area contributed by atoms with Crippen LogP contribution in [0.1, 0.15) is 29.6 Å². The van der Waals surface area contributed by atoms with Gasteiger partial charge in [-0.05, 0) is 53.4 Å². The number of amides is 1. The van der Waals surface area contributed by atoms with Gasteiger partial charge in [-0.2, -0.15) is 0 Å². The molecule has 6 heteroatoms. The first kappa shape index (κ1) is 14.5. The van der Waals surface area contributed by atoms with Gasteiger partial charge in [0.2, 0.25) is 0 Å². The fraction of sp³-hybridized carbons (Fsp3) is 0.385. The second kappa shape index (κ2) is 6.05. The molecule has 0 saturated carbocycles. The average molecular weight is 391 g/mol. The third-order valence-corrected chi connectivity index (χ3v) is 4.36. The molecule has 1 fully saturated rings. The maximum absolute atomic E-state index is 12.5. The van der Waals surface area contributed by atoms with Gasteiger partial charge >= 0.3 is 5.97 Å². The molecule has 1 amide bonds. The minimum atomic E-state index is -0.929. The number of hydrogen-bond donors (Lipinski definition) is 1. The maximum atomic E-state index is 12.5. The molecule has 0 spiro atoms. The van der Waals surface area contributed by atoms with Crippen LogP contribution < -0.4 is 0 Å². The zero-order valence-corrected chi connectivity index (χ0v) is 13.3. The molecule has 1 atom stereocenters. The topological polar surface area (TPSA) is 57.6 Å². The summed E-state index contributed by atoms with van der Waals surface area (Å²) in [4.78, 5) is 25.1. The van der Waals surface area contributed by atoms with Gasteiger partial charge in [-0.15, -0.1) is 0 Å². The molecule has 2 rings (SSSR count). The summed E-state index contributed by atoms with van der Waals surface area (Å²) in [7, 11) is 0. The fourth-order valence-corrected chi connectivity index (χ4v) is 3.47. The molecule has 4 nitrogen and oxygen atoms in total. The molecule has 1 aliphatic heterocycles. The average Bonchev–Trinajstić information content (AvgIpc) is 2.38. The molecule has 1 N–H and O–H groups in total. The smallest absolute Gasteiger partial charge is 0.326 e. The van der Waals surface area contributed by atoms with Crippen LogP contribution in [0.4, 0.5) is 0 Å². The van der Waals surface area contributed by atoms with Gasteiger partial charge in [-0.3, -0.25) is 4.79 Å². The van der Waals surface area contributed by atoms with Gasteiger partial charge in [-0.25, -0.2) is 4.79 Å². The largest absolute Gasteiger partial charge is 0.480 e. The van der Waals surface area contributed by atoms with Gasteiger partial charge in [0.15, 0.2) is 0 Å². The minimum Gasteiger partial charge on any atom is -0.480 e. The summed E-state index contributed by atoms with van der Waals surface area (Å²) in [5.41, 5.74) is 0.497. The predicted molar refractivity (Wildman–Crippen MR) is 78.2 cm³/mol. The van der Waals surface area contributed by atoms with Crippen molar-refractivity contribution in [2.45, 2.75) is 25.3 Å². The quantitative estimate of drug-likeness (QED) is 0.842. The Hall–Kier alpha value is -0.880. The highest BCUT2D eigenvalue weighted by atomic mass is 79.9. The van der Waals surface area contributed by atoms with Crippen molar-refractivity contribution in [2.24, 2.45) is 0 Å². The monoisotopic (exact) mass is 389 g/mol. The van der Waals surface area contributed by atoms with Gasteiger partial charge < -0.3 is 10.0 Å². The molecule has 0 aromatic heterocycles. The van der Waals surface area contributed by atoms with Gasteiger partial charge in [0.05, 0.1) is 5.56 Å². The molecule has 1 aromatic rings. The van der Waals surface area contributed by atoms with E-state index in [0.29, 0.717) is 23.0 Å². The Kier molecular flexibility index (Phi) is 4.62. The van der Waals surface area contributed by atoms with E-state index in [1.807, 2.05) is 0 Å². The maximum Gasteiger partial charge on any atom is 0.326 e. The Bertz CT molecular complexity index is 519. The molecule has 1 heterocycles. The predicted octanol–water partition coefficient (Wildman–Crippen LogP) is 3.29. The van der Waals surface area contributed by atoms with Gasteiger partial charge in [0.25, 0.3) is 5.91 Å². The molecular weight excluding hydrogens is 378 g/mol. The summed E-state index contributed by atoms with van der Waals surface area (Å²) in [6.07, 6.45) is 2.22. The molecule has 19 heavy (non-hydrogen) atoms. The first-order chi connectivity index (χ1) is 9.00. The third-order valence-electron chi connectivity index (χ3n) is 3.21. The van der Waals surface area contributed by atoms with Crippen LogP contribution in [0.25, 0.3) is 0 Å². The Morgan fingerprint density at radius 3 is 2.63 bits per heavy atom. The molecule has 102 valence electrons. The molecule has 1 unspecified atom stereocenters. The van der Waals surface area contributed by atoms with Gasteiger partial charge in [0, 0.05) is 15.5 Å². The molecular formula is C13H13Br2NO3. The number of likely N-dealkylation sites (tertiary alicyclic amines) is 1. The number of hydrogen-bond acceptors (Lipinski definition) is 2.